The number of amides is 1. The largest absolute Gasteiger partial charge is 0.449 e. The highest BCUT2D eigenvalue weighted by atomic mass is 32.2. The van der Waals surface area contributed by atoms with E-state index in [1.165, 1.54) is 55.5 Å². The fraction of sp³-hybridized carbons (Fsp3) is 0.300. The van der Waals surface area contributed by atoms with Crippen LogP contribution in [0.1, 0.15) is 38.1 Å². The second kappa shape index (κ2) is 8.71. The predicted molar refractivity (Wildman–Crippen MR) is 106 cm³/mol. The van der Waals surface area contributed by atoms with Gasteiger partial charge in [0.25, 0.3) is 5.91 Å². The van der Waals surface area contributed by atoms with Gasteiger partial charge in [0.1, 0.15) is 5.82 Å². The lowest BCUT2D eigenvalue weighted by Gasteiger charge is -2.20. The van der Waals surface area contributed by atoms with E-state index in [1.54, 1.807) is 20.8 Å². The zero-order chi connectivity index (χ0) is 21.8. The molecule has 0 aliphatic rings. The van der Waals surface area contributed by atoms with Crippen LogP contribution in [0.3, 0.4) is 0 Å². The number of nitrogens with one attached hydrogen (secondary N) is 2. The van der Waals surface area contributed by atoms with E-state index in [1.807, 2.05) is 0 Å². The Hall–Kier alpha value is -2.78. The molecule has 2 N–H and O–H groups in total. The quantitative estimate of drug-likeness (QED) is 0.697. The lowest BCUT2D eigenvalue weighted by Crippen LogP contribution is -2.40. The van der Waals surface area contributed by atoms with Gasteiger partial charge in [-0.15, -0.1) is 0 Å². The summed E-state index contributed by atoms with van der Waals surface area (Å²) < 4.78 is 45.4. The minimum atomic E-state index is -3.83. The first-order chi connectivity index (χ1) is 13.4. The molecule has 9 heteroatoms. The molecule has 0 spiro atoms. The van der Waals surface area contributed by atoms with Crippen LogP contribution in [-0.2, 0) is 19.6 Å². The number of esters is 1. The molecule has 156 valence electrons. The SMILES string of the molecule is C[C@H](OC(=O)c1cccc(S(=O)(=O)NC(C)(C)C)c1)C(=O)Nc1ccc(F)cc1. The third-order valence-corrected chi connectivity index (χ3v) is 5.34. The zero-order valence-electron chi connectivity index (χ0n) is 16.5. The van der Waals surface area contributed by atoms with Crippen molar-refractivity contribution in [2.45, 2.75) is 44.2 Å². The summed E-state index contributed by atoms with van der Waals surface area (Å²) in [4.78, 5) is 24.4. The molecule has 0 unspecified atom stereocenters. The first-order valence-electron chi connectivity index (χ1n) is 8.79. The van der Waals surface area contributed by atoms with Gasteiger partial charge in [0.2, 0.25) is 10.0 Å². The van der Waals surface area contributed by atoms with Crippen molar-refractivity contribution < 1.29 is 27.1 Å². The molecule has 2 rings (SSSR count). The smallest absolute Gasteiger partial charge is 0.338 e. The third kappa shape index (κ3) is 6.65. The Bertz CT molecular complexity index is 998. The topological polar surface area (TPSA) is 102 Å². The number of ether oxygens (including phenoxy) is 1. The second-order valence-electron chi connectivity index (χ2n) is 7.43. The highest BCUT2D eigenvalue weighted by Crippen LogP contribution is 2.16. The molecule has 1 atom stereocenters. The molecular weight excluding hydrogens is 399 g/mol. The Morgan fingerprint density at radius 1 is 1.07 bits per heavy atom. The minimum Gasteiger partial charge on any atom is -0.449 e. The Morgan fingerprint density at radius 3 is 2.28 bits per heavy atom. The Morgan fingerprint density at radius 2 is 1.69 bits per heavy atom. The molecule has 0 saturated carbocycles. The summed E-state index contributed by atoms with van der Waals surface area (Å²) in [6, 6.07) is 10.5. The molecule has 0 bridgehead atoms. The average Bonchev–Trinajstić information content (AvgIpc) is 2.61. The molecule has 0 saturated heterocycles. The van der Waals surface area contributed by atoms with Gasteiger partial charge in [-0.05, 0) is 70.2 Å². The minimum absolute atomic E-state index is 0.0109. The maximum atomic E-state index is 12.9. The monoisotopic (exact) mass is 422 g/mol. The van der Waals surface area contributed by atoms with E-state index >= 15 is 0 Å². The van der Waals surface area contributed by atoms with Crippen LogP contribution < -0.4 is 10.0 Å². The number of carbonyl (C=O) groups is 2. The number of hydrogen-bond donors (Lipinski definition) is 2. The molecule has 1 amide bonds. The van der Waals surface area contributed by atoms with Crippen molar-refractivity contribution in [1.82, 2.24) is 4.72 Å². The van der Waals surface area contributed by atoms with Crippen molar-refractivity contribution in [3.63, 3.8) is 0 Å². The fourth-order valence-corrected chi connectivity index (χ4v) is 3.78. The lowest BCUT2D eigenvalue weighted by molar-refractivity contribution is -0.123. The van der Waals surface area contributed by atoms with Crippen molar-refractivity contribution in [2.24, 2.45) is 0 Å². The standard InChI is InChI=1S/C20H23FN2O5S/c1-13(18(24)22-16-10-8-15(21)9-11-16)28-19(25)14-6-5-7-17(12-14)29(26,27)23-20(2,3)4/h5-13,23H,1-4H3,(H,22,24)/t13-/m0/s1. The van der Waals surface area contributed by atoms with Gasteiger partial charge < -0.3 is 10.1 Å². The van der Waals surface area contributed by atoms with Crippen LogP contribution in [-0.4, -0.2) is 31.9 Å². The van der Waals surface area contributed by atoms with E-state index in [4.69, 9.17) is 4.74 Å². The van der Waals surface area contributed by atoms with Crippen LogP contribution in [0.5, 0.6) is 0 Å². The summed E-state index contributed by atoms with van der Waals surface area (Å²) in [5.41, 5.74) is -0.355. The molecule has 0 aromatic heterocycles. The summed E-state index contributed by atoms with van der Waals surface area (Å²) in [6.45, 7) is 6.47. The van der Waals surface area contributed by atoms with Crippen LogP contribution in [0.25, 0.3) is 0 Å². The van der Waals surface area contributed by atoms with Gasteiger partial charge in [-0.25, -0.2) is 22.3 Å². The Balaban J connectivity index is 2.08. The van der Waals surface area contributed by atoms with E-state index in [0.717, 1.165) is 0 Å². The number of hydrogen-bond acceptors (Lipinski definition) is 5. The van der Waals surface area contributed by atoms with Crippen LogP contribution >= 0.6 is 0 Å². The Labute approximate surface area is 169 Å². The molecule has 0 aliphatic carbocycles. The molecule has 2 aromatic carbocycles. The highest BCUT2D eigenvalue weighted by molar-refractivity contribution is 7.89. The van der Waals surface area contributed by atoms with Gasteiger partial charge >= 0.3 is 5.97 Å². The summed E-state index contributed by atoms with van der Waals surface area (Å²) >= 11 is 0. The predicted octanol–water partition coefficient (Wildman–Crippen LogP) is 3.09. The first-order valence-corrected chi connectivity index (χ1v) is 10.3. The number of sulfonamides is 1. The lowest BCUT2D eigenvalue weighted by atomic mass is 10.1. The zero-order valence-corrected chi connectivity index (χ0v) is 17.3. The van der Waals surface area contributed by atoms with E-state index in [2.05, 4.69) is 10.0 Å². The number of halogens is 1. The first kappa shape index (κ1) is 22.5. The molecule has 2 aromatic rings. The van der Waals surface area contributed by atoms with E-state index in [-0.39, 0.29) is 10.5 Å². The van der Waals surface area contributed by atoms with Crippen molar-refractivity contribution in [2.75, 3.05) is 5.32 Å². The van der Waals surface area contributed by atoms with Gasteiger partial charge in [-0.2, -0.15) is 0 Å². The number of carbonyl (C=O) groups excluding carboxylic acids is 2. The van der Waals surface area contributed by atoms with Crippen LogP contribution in [0.2, 0.25) is 0 Å². The van der Waals surface area contributed by atoms with Gasteiger partial charge in [0.05, 0.1) is 10.5 Å². The maximum absolute atomic E-state index is 12.9. The maximum Gasteiger partial charge on any atom is 0.338 e. The summed E-state index contributed by atoms with van der Waals surface area (Å²) in [5.74, 6) is -1.90. The van der Waals surface area contributed by atoms with Crippen molar-refractivity contribution in [3.05, 3.63) is 59.9 Å². The molecule has 29 heavy (non-hydrogen) atoms. The van der Waals surface area contributed by atoms with Crippen molar-refractivity contribution in [1.29, 1.82) is 0 Å². The molecule has 0 aliphatic heterocycles. The third-order valence-electron chi connectivity index (χ3n) is 3.59. The van der Waals surface area contributed by atoms with Crippen LogP contribution in [0, 0.1) is 5.82 Å². The van der Waals surface area contributed by atoms with Crippen LogP contribution in [0.15, 0.2) is 53.4 Å². The second-order valence-corrected chi connectivity index (χ2v) is 9.11. The van der Waals surface area contributed by atoms with Gasteiger partial charge in [-0.1, -0.05) is 6.07 Å². The highest BCUT2D eigenvalue weighted by Gasteiger charge is 2.24. The van der Waals surface area contributed by atoms with E-state index in [0.29, 0.717) is 5.69 Å². The molecule has 7 nitrogen and oxygen atoms in total. The summed E-state index contributed by atoms with van der Waals surface area (Å²) in [7, 11) is -3.83. The van der Waals surface area contributed by atoms with Crippen molar-refractivity contribution >= 4 is 27.6 Å². The van der Waals surface area contributed by atoms with E-state index in [9.17, 15) is 22.4 Å². The average molecular weight is 422 g/mol. The fourth-order valence-electron chi connectivity index (χ4n) is 2.31. The molecule has 0 fully saturated rings. The number of rotatable bonds is 6. The molecule has 0 heterocycles. The summed E-state index contributed by atoms with van der Waals surface area (Å²) in [6.07, 6.45) is -1.15. The van der Waals surface area contributed by atoms with Crippen molar-refractivity contribution in [3.8, 4) is 0 Å². The van der Waals surface area contributed by atoms with Gasteiger partial charge in [-0.3, -0.25) is 4.79 Å². The van der Waals surface area contributed by atoms with Crippen LogP contribution in [0.4, 0.5) is 10.1 Å². The van der Waals surface area contributed by atoms with Gasteiger partial charge in [0, 0.05) is 11.2 Å². The normalized spacial score (nSPS) is 12.9. The number of anilines is 1. The Kier molecular flexibility index (Phi) is 6.76. The molecular formula is C20H23FN2O5S. The van der Waals surface area contributed by atoms with Gasteiger partial charge in [0.15, 0.2) is 6.10 Å². The molecule has 0 radical (unpaired) electrons. The summed E-state index contributed by atoms with van der Waals surface area (Å²) in [5, 5.41) is 2.50. The van der Waals surface area contributed by atoms with E-state index < -0.39 is 39.4 Å². The number of benzene rings is 2.